The van der Waals surface area contributed by atoms with Gasteiger partial charge in [0.05, 0.1) is 7.11 Å². The van der Waals surface area contributed by atoms with Gasteiger partial charge in [-0.3, -0.25) is 9.59 Å². The maximum absolute atomic E-state index is 12.9. The molecule has 2 aliphatic rings. The fourth-order valence-corrected chi connectivity index (χ4v) is 3.90. The maximum Gasteiger partial charge on any atom is 0.318 e. The minimum absolute atomic E-state index is 0.0209. The SMILES string of the molecule is C=C1NC2(O)c3ccccc3C(=O)C2(O)C1C(=O)OCc1ccc(OC)cc1. The first kappa shape index (κ1) is 18.2. The van der Waals surface area contributed by atoms with E-state index in [1.807, 2.05) is 0 Å². The lowest BCUT2D eigenvalue weighted by molar-refractivity contribution is -0.167. The Morgan fingerprint density at radius 1 is 1.18 bits per heavy atom. The first-order valence-electron chi connectivity index (χ1n) is 8.68. The highest BCUT2D eigenvalue weighted by Crippen LogP contribution is 2.53. The number of hydrogen-bond donors (Lipinski definition) is 3. The molecular weight excluding hydrogens is 362 g/mol. The Kier molecular flexibility index (Phi) is 4.02. The Balaban J connectivity index is 1.60. The molecule has 7 nitrogen and oxygen atoms in total. The van der Waals surface area contributed by atoms with Crippen molar-refractivity contribution in [3.8, 4) is 5.75 Å². The van der Waals surface area contributed by atoms with E-state index in [4.69, 9.17) is 9.47 Å². The molecule has 1 fully saturated rings. The number of ether oxygens (including phenoxy) is 2. The van der Waals surface area contributed by atoms with Crippen LogP contribution < -0.4 is 10.1 Å². The fourth-order valence-electron chi connectivity index (χ4n) is 3.90. The van der Waals surface area contributed by atoms with Gasteiger partial charge >= 0.3 is 5.97 Å². The maximum atomic E-state index is 12.9. The Morgan fingerprint density at radius 3 is 2.54 bits per heavy atom. The zero-order valence-electron chi connectivity index (χ0n) is 15.1. The predicted molar refractivity (Wildman–Crippen MR) is 98.2 cm³/mol. The molecule has 2 aromatic rings. The summed E-state index contributed by atoms with van der Waals surface area (Å²) < 4.78 is 10.4. The van der Waals surface area contributed by atoms with Crippen molar-refractivity contribution < 1.29 is 29.3 Å². The van der Waals surface area contributed by atoms with Crippen LogP contribution in [-0.4, -0.2) is 34.7 Å². The molecule has 4 rings (SSSR count). The van der Waals surface area contributed by atoms with Crippen LogP contribution in [0.25, 0.3) is 0 Å². The van der Waals surface area contributed by atoms with Gasteiger partial charge in [-0.1, -0.05) is 43.0 Å². The van der Waals surface area contributed by atoms with E-state index in [-0.39, 0.29) is 23.4 Å². The third-order valence-corrected chi connectivity index (χ3v) is 5.34. The van der Waals surface area contributed by atoms with Crippen molar-refractivity contribution in [1.29, 1.82) is 0 Å². The standard InChI is InChI=1S/C21H19NO6/c1-12-17(19(24)28-11-13-7-9-14(27-2)10-8-13)20(25)18(23)15-5-3-4-6-16(15)21(20,26)22-12/h3-10,17,22,25-26H,1,11H2,2H3. The molecule has 0 aromatic heterocycles. The Labute approximate surface area is 161 Å². The van der Waals surface area contributed by atoms with E-state index >= 15 is 0 Å². The molecule has 1 saturated heterocycles. The van der Waals surface area contributed by atoms with Gasteiger partial charge in [-0.2, -0.15) is 0 Å². The highest BCUT2D eigenvalue weighted by atomic mass is 16.5. The summed E-state index contributed by atoms with van der Waals surface area (Å²) >= 11 is 0. The van der Waals surface area contributed by atoms with Gasteiger partial charge in [-0.25, -0.2) is 0 Å². The summed E-state index contributed by atoms with van der Waals surface area (Å²) in [5, 5.41) is 24.9. The third-order valence-electron chi connectivity index (χ3n) is 5.34. The first-order chi connectivity index (χ1) is 13.3. The number of rotatable bonds is 4. The predicted octanol–water partition coefficient (Wildman–Crippen LogP) is 1.24. The summed E-state index contributed by atoms with van der Waals surface area (Å²) in [6.45, 7) is 3.65. The molecule has 7 heteroatoms. The van der Waals surface area contributed by atoms with Gasteiger partial charge < -0.3 is 25.0 Å². The minimum atomic E-state index is -2.43. The molecular formula is C21H19NO6. The van der Waals surface area contributed by atoms with Crippen molar-refractivity contribution in [2.45, 2.75) is 17.9 Å². The van der Waals surface area contributed by atoms with Crippen molar-refractivity contribution in [3.05, 3.63) is 77.5 Å². The van der Waals surface area contributed by atoms with Crippen LogP contribution in [0.15, 0.2) is 60.8 Å². The third kappa shape index (κ3) is 2.30. The minimum Gasteiger partial charge on any atom is -0.497 e. The van der Waals surface area contributed by atoms with E-state index in [9.17, 15) is 19.8 Å². The van der Waals surface area contributed by atoms with Crippen LogP contribution in [0.2, 0.25) is 0 Å². The molecule has 3 unspecified atom stereocenters. The second-order valence-corrected chi connectivity index (χ2v) is 6.89. The summed E-state index contributed by atoms with van der Waals surface area (Å²) in [5.74, 6) is -2.39. The molecule has 144 valence electrons. The van der Waals surface area contributed by atoms with E-state index < -0.39 is 29.0 Å². The molecule has 0 amide bonds. The molecule has 0 spiro atoms. The average Bonchev–Trinajstić information content (AvgIpc) is 3.01. The van der Waals surface area contributed by atoms with Gasteiger partial charge in [-0.05, 0) is 17.7 Å². The van der Waals surface area contributed by atoms with Gasteiger partial charge in [0.25, 0.3) is 0 Å². The molecule has 3 N–H and O–H groups in total. The molecule has 28 heavy (non-hydrogen) atoms. The second kappa shape index (κ2) is 6.19. The van der Waals surface area contributed by atoms with Gasteiger partial charge in [0.2, 0.25) is 11.5 Å². The van der Waals surface area contributed by atoms with Crippen molar-refractivity contribution >= 4 is 11.8 Å². The summed E-state index contributed by atoms with van der Waals surface area (Å²) in [6.07, 6.45) is 0. The molecule has 0 radical (unpaired) electrons. The average molecular weight is 381 g/mol. The van der Waals surface area contributed by atoms with E-state index in [1.165, 1.54) is 12.1 Å². The second-order valence-electron chi connectivity index (χ2n) is 6.89. The van der Waals surface area contributed by atoms with Crippen LogP contribution in [0.4, 0.5) is 0 Å². The van der Waals surface area contributed by atoms with Gasteiger partial charge in [-0.15, -0.1) is 0 Å². The number of methoxy groups -OCH3 is 1. The molecule has 1 heterocycles. The zero-order valence-corrected chi connectivity index (χ0v) is 15.1. The van der Waals surface area contributed by atoms with Crippen LogP contribution >= 0.6 is 0 Å². The lowest BCUT2D eigenvalue weighted by Gasteiger charge is -2.31. The van der Waals surface area contributed by atoms with E-state index in [2.05, 4.69) is 11.9 Å². The molecule has 3 atom stereocenters. The lowest BCUT2D eigenvalue weighted by Crippen LogP contribution is -2.57. The molecule has 2 aromatic carbocycles. The van der Waals surface area contributed by atoms with Crippen LogP contribution in [0.1, 0.15) is 21.5 Å². The van der Waals surface area contributed by atoms with Gasteiger partial charge in [0.15, 0.2) is 5.60 Å². The summed E-state index contributed by atoms with van der Waals surface area (Å²) in [6, 6.07) is 13.2. The van der Waals surface area contributed by atoms with Crippen molar-refractivity contribution in [3.63, 3.8) is 0 Å². The number of esters is 1. The monoisotopic (exact) mass is 381 g/mol. The van der Waals surface area contributed by atoms with Crippen molar-refractivity contribution in [1.82, 2.24) is 5.32 Å². The number of Topliss-reactive ketones (excluding diaryl/α,β-unsaturated/α-hetero) is 1. The van der Waals surface area contributed by atoms with Crippen LogP contribution in [0.3, 0.4) is 0 Å². The summed E-state index contributed by atoms with van der Waals surface area (Å²) in [5.41, 5.74) is -3.48. The first-order valence-corrected chi connectivity index (χ1v) is 8.68. The van der Waals surface area contributed by atoms with Crippen LogP contribution in [-0.2, 0) is 21.9 Å². The zero-order chi connectivity index (χ0) is 20.1. The Hall–Kier alpha value is -3.16. The molecule has 0 bridgehead atoms. The van der Waals surface area contributed by atoms with Gasteiger partial charge in [0.1, 0.15) is 18.3 Å². The number of hydrogen-bond acceptors (Lipinski definition) is 7. The van der Waals surface area contributed by atoms with Crippen LogP contribution in [0, 0.1) is 5.92 Å². The lowest BCUT2D eigenvalue weighted by atomic mass is 9.81. The smallest absolute Gasteiger partial charge is 0.318 e. The number of aliphatic hydroxyl groups is 2. The summed E-state index contributed by atoms with van der Waals surface area (Å²) in [7, 11) is 1.55. The fraction of sp³-hybridized carbons (Fsp3) is 0.238. The molecule has 1 aliphatic carbocycles. The number of ketones is 1. The number of carbonyl (C=O) groups is 2. The highest BCUT2D eigenvalue weighted by Gasteiger charge is 2.73. The molecule has 0 saturated carbocycles. The Morgan fingerprint density at radius 2 is 1.86 bits per heavy atom. The largest absolute Gasteiger partial charge is 0.497 e. The highest BCUT2D eigenvalue weighted by molar-refractivity contribution is 6.11. The van der Waals surface area contributed by atoms with E-state index in [0.717, 1.165) is 0 Å². The van der Waals surface area contributed by atoms with Crippen molar-refractivity contribution in [2.24, 2.45) is 5.92 Å². The Bertz CT molecular complexity index is 985. The van der Waals surface area contributed by atoms with Crippen molar-refractivity contribution in [2.75, 3.05) is 7.11 Å². The van der Waals surface area contributed by atoms with E-state index in [1.54, 1.807) is 43.5 Å². The number of carbonyl (C=O) groups excluding carboxylic acids is 2. The normalized spacial score (nSPS) is 27.8. The topological polar surface area (TPSA) is 105 Å². The molecule has 1 aliphatic heterocycles. The van der Waals surface area contributed by atoms with E-state index in [0.29, 0.717) is 11.3 Å². The number of nitrogens with one attached hydrogen (secondary N) is 1. The number of fused-ring (bicyclic) bond motifs is 3. The number of benzene rings is 2. The summed E-state index contributed by atoms with van der Waals surface area (Å²) in [4.78, 5) is 25.7. The van der Waals surface area contributed by atoms with Crippen LogP contribution in [0.5, 0.6) is 5.75 Å². The quantitative estimate of drug-likeness (QED) is 0.685. The van der Waals surface area contributed by atoms with Gasteiger partial charge in [0, 0.05) is 16.8 Å².